The van der Waals surface area contributed by atoms with Gasteiger partial charge in [0.25, 0.3) is 0 Å². The molecule has 3 aromatic carbocycles. The summed E-state index contributed by atoms with van der Waals surface area (Å²) in [6.45, 7) is 1.96. The van der Waals surface area contributed by atoms with Gasteiger partial charge in [0.2, 0.25) is 5.78 Å². The van der Waals surface area contributed by atoms with Crippen LogP contribution in [-0.2, 0) is 20.0 Å². The lowest BCUT2D eigenvalue weighted by atomic mass is 10.0. The zero-order chi connectivity index (χ0) is 24.8. The fourth-order valence-corrected chi connectivity index (χ4v) is 5.00. The van der Waals surface area contributed by atoms with E-state index >= 15 is 0 Å². The SMILES string of the molecule is COc1ccc2c(c1)c(/C=C1\Oc3c(ccc4c3CN(CCc3ccc(Cl)cc3)CO4)C1=O)cn2C. The molecule has 7 heteroatoms. The number of aromatic nitrogens is 1. The van der Waals surface area contributed by atoms with Gasteiger partial charge < -0.3 is 18.8 Å². The molecule has 0 fully saturated rings. The molecule has 2 aliphatic heterocycles. The average molecular weight is 501 g/mol. The molecule has 0 amide bonds. The van der Waals surface area contributed by atoms with Crippen LogP contribution >= 0.6 is 11.6 Å². The molecular formula is C29H25ClN2O4. The maximum Gasteiger partial charge on any atom is 0.231 e. The number of carbonyl (C=O) groups excluding carboxylic acids is 1. The molecule has 4 aromatic rings. The number of allylic oxidation sites excluding steroid dienone is 1. The Kier molecular flexibility index (Phi) is 5.70. The van der Waals surface area contributed by atoms with Crippen molar-refractivity contribution in [2.75, 3.05) is 20.4 Å². The molecule has 6 nitrogen and oxygen atoms in total. The molecule has 182 valence electrons. The lowest BCUT2D eigenvalue weighted by Crippen LogP contribution is -2.33. The number of ether oxygens (including phenoxy) is 3. The molecule has 3 heterocycles. The Morgan fingerprint density at radius 3 is 2.75 bits per heavy atom. The summed E-state index contributed by atoms with van der Waals surface area (Å²) in [5.41, 5.74) is 4.64. The molecule has 1 aromatic heterocycles. The zero-order valence-electron chi connectivity index (χ0n) is 20.1. The van der Waals surface area contributed by atoms with Crippen molar-refractivity contribution in [1.29, 1.82) is 0 Å². The van der Waals surface area contributed by atoms with Crippen molar-refractivity contribution >= 4 is 34.4 Å². The summed E-state index contributed by atoms with van der Waals surface area (Å²) >= 11 is 6.01. The highest BCUT2D eigenvalue weighted by molar-refractivity contribution is 6.30. The average Bonchev–Trinajstić information content (AvgIpc) is 3.39. The first-order valence-corrected chi connectivity index (χ1v) is 12.2. The zero-order valence-corrected chi connectivity index (χ0v) is 20.8. The van der Waals surface area contributed by atoms with Gasteiger partial charge in [-0.2, -0.15) is 0 Å². The van der Waals surface area contributed by atoms with Gasteiger partial charge in [-0.25, -0.2) is 0 Å². The van der Waals surface area contributed by atoms with Crippen LogP contribution in [0.25, 0.3) is 17.0 Å². The van der Waals surface area contributed by atoms with E-state index in [4.69, 9.17) is 25.8 Å². The summed E-state index contributed by atoms with van der Waals surface area (Å²) in [6, 6.07) is 17.5. The quantitative estimate of drug-likeness (QED) is 0.322. The first-order chi connectivity index (χ1) is 17.5. The largest absolute Gasteiger partial charge is 0.497 e. The molecule has 0 saturated carbocycles. The van der Waals surface area contributed by atoms with Gasteiger partial charge >= 0.3 is 0 Å². The van der Waals surface area contributed by atoms with Crippen LogP contribution < -0.4 is 14.2 Å². The van der Waals surface area contributed by atoms with E-state index in [1.165, 1.54) is 5.56 Å². The van der Waals surface area contributed by atoms with E-state index in [0.717, 1.165) is 51.5 Å². The van der Waals surface area contributed by atoms with E-state index in [-0.39, 0.29) is 5.78 Å². The van der Waals surface area contributed by atoms with Crippen molar-refractivity contribution in [1.82, 2.24) is 9.47 Å². The molecule has 0 aliphatic carbocycles. The van der Waals surface area contributed by atoms with Gasteiger partial charge in [0.15, 0.2) is 5.76 Å². The first kappa shape index (κ1) is 22.7. The van der Waals surface area contributed by atoms with Gasteiger partial charge in [-0.05, 0) is 60.5 Å². The van der Waals surface area contributed by atoms with Crippen LogP contribution in [0.1, 0.15) is 27.0 Å². The number of hydrogen-bond donors (Lipinski definition) is 0. The van der Waals surface area contributed by atoms with Crippen molar-refractivity contribution in [2.45, 2.75) is 13.0 Å². The van der Waals surface area contributed by atoms with Gasteiger partial charge in [-0.1, -0.05) is 23.7 Å². The number of rotatable bonds is 5. The molecule has 0 spiro atoms. The molecule has 0 N–H and O–H groups in total. The Bertz CT molecular complexity index is 1520. The summed E-state index contributed by atoms with van der Waals surface area (Å²) in [7, 11) is 3.63. The number of ketones is 1. The third kappa shape index (κ3) is 4.02. The highest BCUT2D eigenvalue weighted by Gasteiger charge is 2.33. The lowest BCUT2D eigenvalue weighted by Gasteiger charge is -2.29. The van der Waals surface area contributed by atoms with Crippen LogP contribution in [0.3, 0.4) is 0 Å². The van der Waals surface area contributed by atoms with E-state index in [1.807, 2.05) is 72.4 Å². The number of halogens is 1. The summed E-state index contributed by atoms with van der Waals surface area (Å²) in [6.07, 6.45) is 4.69. The lowest BCUT2D eigenvalue weighted by molar-refractivity contribution is 0.0950. The van der Waals surface area contributed by atoms with Crippen molar-refractivity contribution in [3.8, 4) is 17.2 Å². The molecular weight excluding hydrogens is 476 g/mol. The minimum atomic E-state index is -0.119. The van der Waals surface area contributed by atoms with Crippen LogP contribution in [-0.4, -0.2) is 35.6 Å². The molecule has 6 rings (SSSR count). The number of methoxy groups -OCH3 is 1. The maximum atomic E-state index is 13.3. The standard InChI is InChI=1S/C29H25ClN2O4/c1-31-15-19(23-14-21(34-2)7-9-25(23)31)13-27-28(33)22-8-10-26-24(29(22)36-27)16-32(17-35-26)12-11-18-3-5-20(30)6-4-18/h3-10,13-15H,11-12,16-17H2,1-2H3/b27-13-. The monoisotopic (exact) mass is 500 g/mol. The Labute approximate surface area is 214 Å². The van der Waals surface area contributed by atoms with Crippen LogP contribution in [0.15, 0.2) is 66.6 Å². The third-order valence-electron chi connectivity index (χ3n) is 6.83. The van der Waals surface area contributed by atoms with E-state index in [0.29, 0.717) is 30.3 Å². The van der Waals surface area contributed by atoms with Crippen LogP contribution in [0.2, 0.25) is 5.02 Å². The van der Waals surface area contributed by atoms with Crippen LogP contribution in [0.5, 0.6) is 17.2 Å². The summed E-state index contributed by atoms with van der Waals surface area (Å²) in [5, 5.41) is 1.73. The van der Waals surface area contributed by atoms with Crippen LogP contribution in [0.4, 0.5) is 0 Å². The Morgan fingerprint density at radius 1 is 1.11 bits per heavy atom. The maximum absolute atomic E-state index is 13.3. The molecule has 2 aliphatic rings. The normalized spacial score (nSPS) is 16.1. The third-order valence-corrected chi connectivity index (χ3v) is 7.08. The van der Waals surface area contributed by atoms with Crippen molar-refractivity contribution in [3.05, 3.63) is 93.8 Å². The Balaban J connectivity index is 1.27. The van der Waals surface area contributed by atoms with Crippen molar-refractivity contribution < 1.29 is 19.0 Å². The Morgan fingerprint density at radius 2 is 1.94 bits per heavy atom. The smallest absolute Gasteiger partial charge is 0.231 e. The predicted octanol–water partition coefficient (Wildman–Crippen LogP) is 5.85. The second-order valence-electron chi connectivity index (χ2n) is 9.14. The minimum absolute atomic E-state index is 0.119. The summed E-state index contributed by atoms with van der Waals surface area (Å²) in [5.74, 6) is 2.32. The molecule has 0 radical (unpaired) electrons. The fraction of sp³-hybridized carbons (Fsp3) is 0.207. The summed E-state index contributed by atoms with van der Waals surface area (Å²) in [4.78, 5) is 15.5. The minimum Gasteiger partial charge on any atom is -0.497 e. The van der Waals surface area contributed by atoms with Gasteiger partial charge in [-0.15, -0.1) is 0 Å². The number of fused-ring (bicyclic) bond motifs is 4. The molecule has 36 heavy (non-hydrogen) atoms. The second-order valence-corrected chi connectivity index (χ2v) is 9.58. The first-order valence-electron chi connectivity index (χ1n) is 11.8. The highest BCUT2D eigenvalue weighted by Crippen LogP contribution is 2.42. The van der Waals surface area contributed by atoms with Gasteiger partial charge in [-0.3, -0.25) is 9.69 Å². The van der Waals surface area contributed by atoms with Gasteiger partial charge in [0.05, 0.1) is 18.2 Å². The van der Waals surface area contributed by atoms with E-state index < -0.39 is 0 Å². The summed E-state index contributed by atoms with van der Waals surface area (Å²) < 4.78 is 19.7. The molecule has 0 atom stereocenters. The number of carbonyl (C=O) groups is 1. The number of Topliss-reactive ketones (excluding diaryl/α,β-unsaturated/α-hetero) is 1. The topological polar surface area (TPSA) is 52.9 Å². The van der Waals surface area contributed by atoms with Gasteiger partial charge in [0, 0.05) is 47.8 Å². The second kappa shape index (κ2) is 9.04. The van der Waals surface area contributed by atoms with Gasteiger partial charge in [0.1, 0.15) is 24.0 Å². The predicted molar refractivity (Wildman–Crippen MR) is 140 cm³/mol. The Hall–Kier alpha value is -3.74. The number of hydrogen-bond acceptors (Lipinski definition) is 5. The van der Waals surface area contributed by atoms with E-state index in [2.05, 4.69) is 4.90 Å². The van der Waals surface area contributed by atoms with Crippen LogP contribution in [0, 0.1) is 0 Å². The molecule has 0 bridgehead atoms. The number of aryl methyl sites for hydroxylation is 1. The fourth-order valence-electron chi connectivity index (χ4n) is 4.87. The number of nitrogens with zero attached hydrogens (tertiary/aromatic N) is 2. The van der Waals surface area contributed by atoms with Crippen molar-refractivity contribution in [3.63, 3.8) is 0 Å². The van der Waals surface area contributed by atoms with Crippen molar-refractivity contribution in [2.24, 2.45) is 7.05 Å². The van der Waals surface area contributed by atoms with E-state index in [1.54, 1.807) is 13.2 Å². The number of benzene rings is 3. The molecule has 0 unspecified atom stereocenters. The molecule has 0 saturated heterocycles. The highest BCUT2D eigenvalue weighted by atomic mass is 35.5. The van der Waals surface area contributed by atoms with E-state index in [9.17, 15) is 4.79 Å².